The quantitative estimate of drug-likeness (QED) is 0.657. The molecule has 132 valence electrons. The summed E-state index contributed by atoms with van der Waals surface area (Å²) in [7, 11) is -0.628. The van der Waals surface area contributed by atoms with Crippen molar-refractivity contribution in [1.29, 1.82) is 0 Å². The molecule has 0 aliphatic heterocycles. The highest BCUT2D eigenvalue weighted by molar-refractivity contribution is 7.89. The molecule has 2 aromatic carbocycles. The zero-order valence-electron chi connectivity index (χ0n) is 13.3. The van der Waals surface area contributed by atoms with Gasteiger partial charge >= 0.3 is 0 Å². The van der Waals surface area contributed by atoms with E-state index in [1.54, 1.807) is 24.3 Å². The second-order valence-electron chi connectivity index (χ2n) is 5.42. The van der Waals surface area contributed by atoms with Crippen molar-refractivity contribution in [1.82, 2.24) is 19.5 Å². The Kier molecular flexibility index (Phi) is 4.88. The van der Waals surface area contributed by atoms with Gasteiger partial charge < -0.3 is 4.84 Å². The third kappa shape index (κ3) is 3.57. The molecule has 0 bridgehead atoms. The number of aromatic nitrogens is 3. The molecule has 0 amide bonds. The minimum atomic E-state index is -3.56. The van der Waals surface area contributed by atoms with Gasteiger partial charge in [-0.15, -0.1) is 5.10 Å². The minimum absolute atomic E-state index is 0.131. The normalized spacial score (nSPS) is 12.0. The zero-order valence-corrected chi connectivity index (χ0v) is 15.7. The van der Waals surface area contributed by atoms with Crippen LogP contribution in [0.1, 0.15) is 5.56 Å². The van der Waals surface area contributed by atoms with Gasteiger partial charge in [-0.2, -0.15) is 0 Å². The summed E-state index contributed by atoms with van der Waals surface area (Å²) < 4.78 is 25.7. The van der Waals surface area contributed by atoms with Crippen LogP contribution in [0, 0.1) is 0 Å². The van der Waals surface area contributed by atoms with E-state index >= 15 is 0 Å². The number of hydrogen-bond acceptors (Lipinski definition) is 5. The average molecular weight is 401 g/mol. The van der Waals surface area contributed by atoms with Gasteiger partial charge in [0.15, 0.2) is 0 Å². The van der Waals surface area contributed by atoms with Crippen molar-refractivity contribution in [2.75, 3.05) is 14.1 Å². The topological polar surface area (TPSA) is 77.3 Å². The lowest BCUT2D eigenvalue weighted by atomic mass is 10.2. The molecule has 0 fully saturated rings. The molecule has 1 aromatic heterocycles. The van der Waals surface area contributed by atoms with Crippen LogP contribution in [0.25, 0.3) is 11.0 Å². The summed E-state index contributed by atoms with van der Waals surface area (Å²) >= 11 is 11.9. The average Bonchev–Trinajstić information content (AvgIpc) is 2.98. The minimum Gasteiger partial charge on any atom is -0.390 e. The highest BCUT2D eigenvalue weighted by Crippen LogP contribution is 2.23. The van der Waals surface area contributed by atoms with E-state index in [2.05, 4.69) is 10.3 Å². The zero-order chi connectivity index (χ0) is 18.2. The largest absolute Gasteiger partial charge is 0.390 e. The Morgan fingerprint density at radius 1 is 1.12 bits per heavy atom. The van der Waals surface area contributed by atoms with E-state index in [0.29, 0.717) is 21.1 Å². The lowest BCUT2D eigenvalue weighted by molar-refractivity contribution is 0.0751. The van der Waals surface area contributed by atoms with Gasteiger partial charge in [0.1, 0.15) is 17.6 Å². The van der Waals surface area contributed by atoms with Gasteiger partial charge in [-0.25, -0.2) is 12.7 Å². The first kappa shape index (κ1) is 17.9. The van der Waals surface area contributed by atoms with Gasteiger partial charge in [0.05, 0.1) is 14.9 Å². The smallest absolute Gasteiger partial charge is 0.242 e. The third-order valence-electron chi connectivity index (χ3n) is 3.50. The summed E-state index contributed by atoms with van der Waals surface area (Å²) in [4.78, 5) is 6.92. The second kappa shape index (κ2) is 6.80. The van der Waals surface area contributed by atoms with E-state index in [-0.39, 0.29) is 11.5 Å². The molecule has 0 N–H and O–H groups in total. The standard InChI is InChI=1S/C15H14Cl2N4O3S/c1-20(2)25(22,23)11-4-6-14-15(8-11)21(19-18-14)24-9-10-3-5-12(16)13(17)7-10/h3-8H,9H2,1-2H3. The lowest BCUT2D eigenvalue weighted by Gasteiger charge is -2.11. The summed E-state index contributed by atoms with van der Waals surface area (Å²) in [5, 5.41) is 8.73. The van der Waals surface area contributed by atoms with Crippen molar-refractivity contribution in [3.63, 3.8) is 0 Å². The highest BCUT2D eigenvalue weighted by Gasteiger charge is 2.19. The van der Waals surface area contributed by atoms with Crippen LogP contribution in [0.4, 0.5) is 0 Å². The van der Waals surface area contributed by atoms with E-state index in [0.717, 1.165) is 9.87 Å². The number of nitrogens with zero attached hydrogens (tertiary/aromatic N) is 4. The predicted octanol–water partition coefficient (Wildman–Crippen LogP) is 2.62. The van der Waals surface area contributed by atoms with Gasteiger partial charge in [0.2, 0.25) is 10.0 Å². The van der Waals surface area contributed by atoms with Crippen molar-refractivity contribution in [3.8, 4) is 0 Å². The van der Waals surface area contributed by atoms with Crippen LogP contribution in [-0.4, -0.2) is 42.0 Å². The van der Waals surface area contributed by atoms with Crippen LogP contribution in [-0.2, 0) is 16.6 Å². The van der Waals surface area contributed by atoms with Crippen molar-refractivity contribution < 1.29 is 13.3 Å². The SMILES string of the molecule is CN(C)S(=O)(=O)c1ccc2nnn(OCc3ccc(Cl)c(Cl)c3)c2c1. The summed E-state index contributed by atoms with van der Waals surface area (Å²) in [6.07, 6.45) is 0. The molecule has 7 nitrogen and oxygen atoms in total. The predicted molar refractivity (Wildman–Crippen MR) is 95.1 cm³/mol. The van der Waals surface area contributed by atoms with Gasteiger partial charge in [0.25, 0.3) is 0 Å². The number of fused-ring (bicyclic) bond motifs is 1. The molecule has 0 saturated heterocycles. The molecule has 0 atom stereocenters. The molecule has 25 heavy (non-hydrogen) atoms. The molecule has 0 radical (unpaired) electrons. The number of rotatable bonds is 5. The van der Waals surface area contributed by atoms with Crippen LogP contribution in [0.2, 0.25) is 10.0 Å². The maximum Gasteiger partial charge on any atom is 0.242 e. The second-order valence-corrected chi connectivity index (χ2v) is 8.39. The molecular formula is C15H14Cl2N4O3S. The fourth-order valence-corrected chi connectivity index (χ4v) is 3.35. The maximum absolute atomic E-state index is 12.3. The fourth-order valence-electron chi connectivity index (χ4n) is 2.11. The van der Waals surface area contributed by atoms with E-state index in [4.69, 9.17) is 28.0 Å². The summed E-state index contributed by atoms with van der Waals surface area (Å²) in [5.74, 6) is 0. The Morgan fingerprint density at radius 2 is 1.88 bits per heavy atom. The fraction of sp³-hybridized carbons (Fsp3) is 0.200. The van der Waals surface area contributed by atoms with Gasteiger partial charge in [-0.05, 0) is 41.1 Å². The molecular weight excluding hydrogens is 387 g/mol. The molecule has 1 heterocycles. The molecule has 3 rings (SSSR count). The molecule has 0 aliphatic rings. The Balaban J connectivity index is 1.90. The van der Waals surface area contributed by atoms with Crippen molar-refractivity contribution in [2.45, 2.75) is 11.5 Å². The van der Waals surface area contributed by atoms with E-state index in [1.807, 2.05) is 0 Å². The Morgan fingerprint density at radius 3 is 2.56 bits per heavy atom. The number of hydrogen-bond donors (Lipinski definition) is 0. The van der Waals surface area contributed by atoms with E-state index < -0.39 is 10.0 Å². The van der Waals surface area contributed by atoms with Gasteiger partial charge in [-0.1, -0.05) is 34.1 Å². The van der Waals surface area contributed by atoms with E-state index in [9.17, 15) is 8.42 Å². The summed E-state index contributed by atoms with van der Waals surface area (Å²) in [6.45, 7) is 0.167. The molecule has 10 heteroatoms. The molecule has 0 spiro atoms. The Hall–Kier alpha value is -1.87. The third-order valence-corrected chi connectivity index (χ3v) is 6.05. The van der Waals surface area contributed by atoms with Crippen LogP contribution in [0.15, 0.2) is 41.3 Å². The maximum atomic E-state index is 12.3. The van der Waals surface area contributed by atoms with Crippen molar-refractivity contribution in [3.05, 3.63) is 52.0 Å². The number of sulfonamides is 1. The van der Waals surface area contributed by atoms with Crippen LogP contribution in [0.5, 0.6) is 0 Å². The molecule has 0 unspecified atom stereocenters. The van der Waals surface area contributed by atoms with Crippen LogP contribution >= 0.6 is 23.2 Å². The Bertz CT molecular complexity index is 1030. The first-order chi connectivity index (χ1) is 11.8. The van der Waals surface area contributed by atoms with Crippen molar-refractivity contribution in [2.24, 2.45) is 0 Å². The Labute approximate surface area is 154 Å². The van der Waals surface area contributed by atoms with Crippen LogP contribution in [0.3, 0.4) is 0 Å². The monoisotopic (exact) mass is 400 g/mol. The molecule has 3 aromatic rings. The van der Waals surface area contributed by atoms with Gasteiger partial charge in [-0.3, -0.25) is 0 Å². The first-order valence-electron chi connectivity index (χ1n) is 7.14. The van der Waals surface area contributed by atoms with Crippen molar-refractivity contribution >= 4 is 44.3 Å². The van der Waals surface area contributed by atoms with E-state index in [1.165, 1.54) is 31.1 Å². The summed E-state index contributed by atoms with van der Waals surface area (Å²) in [5.41, 5.74) is 1.75. The van der Waals surface area contributed by atoms with Crippen LogP contribution < -0.4 is 4.84 Å². The number of halogens is 2. The number of benzene rings is 2. The van der Waals surface area contributed by atoms with Gasteiger partial charge in [0, 0.05) is 14.1 Å². The molecule has 0 saturated carbocycles. The molecule has 0 aliphatic carbocycles. The highest BCUT2D eigenvalue weighted by atomic mass is 35.5. The lowest BCUT2D eigenvalue weighted by Crippen LogP contribution is -2.22. The first-order valence-corrected chi connectivity index (χ1v) is 9.34. The summed E-state index contributed by atoms with van der Waals surface area (Å²) in [6, 6.07) is 9.66.